The fourth-order valence-electron chi connectivity index (χ4n) is 2.84. The van der Waals surface area contributed by atoms with Crippen LogP contribution in [0, 0.1) is 17.5 Å². The first-order valence-electron chi connectivity index (χ1n) is 8.38. The molecule has 7 heteroatoms. The predicted molar refractivity (Wildman–Crippen MR) is 103 cm³/mol. The van der Waals surface area contributed by atoms with Gasteiger partial charge >= 0.3 is 0 Å². The molecular formula is C21H13F3N2OS. The third kappa shape index (κ3) is 3.41. The van der Waals surface area contributed by atoms with Crippen LogP contribution in [-0.4, -0.2) is 9.55 Å². The summed E-state index contributed by atoms with van der Waals surface area (Å²) < 4.78 is 42.7. The van der Waals surface area contributed by atoms with Gasteiger partial charge in [-0.25, -0.2) is 18.2 Å². The zero-order valence-corrected chi connectivity index (χ0v) is 15.2. The fourth-order valence-corrected chi connectivity index (χ4v) is 3.83. The van der Waals surface area contributed by atoms with Gasteiger partial charge in [-0.15, -0.1) is 0 Å². The second kappa shape index (κ2) is 7.52. The maximum atomic E-state index is 14.4. The van der Waals surface area contributed by atoms with Gasteiger partial charge in [0, 0.05) is 11.8 Å². The third-order valence-electron chi connectivity index (χ3n) is 4.21. The van der Waals surface area contributed by atoms with Crippen LogP contribution in [0.4, 0.5) is 13.2 Å². The minimum Gasteiger partial charge on any atom is -0.268 e. The van der Waals surface area contributed by atoms with Gasteiger partial charge in [0.1, 0.15) is 17.5 Å². The zero-order valence-electron chi connectivity index (χ0n) is 14.4. The lowest BCUT2D eigenvalue weighted by molar-refractivity contribution is 0.576. The van der Waals surface area contributed by atoms with Crippen LogP contribution < -0.4 is 5.56 Å². The van der Waals surface area contributed by atoms with E-state index in [2.05, 4.69) is 4.98 Å². The van der Waals surface area contributed by atoms with Gasteiger partial charge in [-0.3, -0.25) is 9.36 Å². The Balaban J connectivity index is 1.85. The summed E-state index contributed by atoms with van der Waals surface area (Å²) in [6.07, 6.45) is 0. The Hall–Kier alpha value is -3.06. The summed E-state index contributed by atoms with van der Waals surface area (Å²) in [7, 11) is 0. The van der Waals surface area contributed by atoms with Crippen molar-refractivity contribution in [1.29, 1.82) is 0 Å². The largest absolute Gasteiger partial charge is 0.268 e. The first-order valence-corrected chi connectivity index (χ1v) is 9.36. The molecule has 0 aliphatic heterocycles. The van der Waals surface area contributed by atoms with Crippen molar-refractivity contribution in [2.24, 2.45) is 0 Å². The molecule has 0 fully saturated rings. The first kappa shape index (κ1) is 18.3. The molecular weight excluding hydrogens is 385 g/mol. The van der Waals surface area contributed by atoms with Crippen LogP contribution in [0.1, 0.15) is 5.56 Å². The molecule has 0 aliphatic rings. The van der Waals surface area contributed by atoms with Crippen molar-refractivity contribution in [3.05, 3.63) is 100 Å². The lowest BCUT2D eigenvalue weighted by Crippen LogP contribution is -2.22. The molecule has 0 radical (unpaired) electrons. The number of nitrogens with zero attached hydrogens (tertiary/aromatic N) is 2. The van der Waals surface area contributed by atoms with Gasteiger partial charge in [-0.2, -0.15) is 0 Å². The Kier molecular flexibility index (Phi) is 4.92. The highest BCUT2D eigenvalue weighted by atomic mass is 32.2. The molecule has 0 unspecified atom stereocenters. The van der Waals surface area contributed by atoms with E-state index in [4.69, 9.17) is 0 Å². The van der Waals surface area contributed by atoms with Gasteiger partial charge in [-0.05, 0) is 35.9 Å². The molecule has 3 aromatic carbocycles. The molecule has 0 amide bonds. The van der Waals surface area contributed by atoms with Crippen LogP contribution in [0.25, 0.3) is 16.6 Å². The Morgan fingerprint density at radius 3 is 2.43 bits per heavy atom. The molecule has 28 heavy (non-hydrogen) atoms. The summed E-state index contributed by atoms with van der Waals surface area (Å²) in [6, 6.07) is 15.9. The van der Waals surface area contributed by atoms with Crippen LogP contribution in [0.3, 0.4) is 0 Å². The van der Waals surface area contributed by atoms with Crippen LogP contribution >= 0.6 is 11.8 Å². The minimum atomic E-state index is -0.687. The second-order valence-corrected chi connectivity index (χ2v) is 6.97. The van der Waals surface area contributed by atoms with Crippen molar-refractivity contribution in [3.63, 3.8) is 0 Å². The minimum absolute atomic E-state index is 0.0628. The van der Waals surface area contributed by atoms with Gasteiger partial charge in [0.05, 0.1) is 16.6 Å². The van der Waals surface area contributed by atoms with Gasteiger partial charge in [0.25, 0.3) is 5.56 Å². The fraction of sp³-hybridized carbons (Fsp3) is 0.0476. The second-order valence-electron chi connectivity index (χ2n) is 6.03. The number of hydrogen-bond acceptors (Lipinski definition) is 3. The van der Waals surface area contributed by atoms with E-state index in [0.717, 1.165) is 23.9 Å². The number of aromatic nitrogens is 2. The molecule has 4 aromatic rings. The van der Waals surface area contributed by atoms with Gasteiger partial charge in [0.15, 0.2) is 5.16 Å². The Morgan fingerprint density at radius 2 is 1.64 bits per heavy atom. The van der Waals surface area contributed by atoms with Crippen molar-refractivity contribution >= 4 is 22.7 Å². The molecule has 1 aromatic heterocycles. The lowest BCUT2D eigenvalue weighted by atomic mass is 10.2. The highest BCUT2D eigenvalue weighted by Crippen LogP contribution is 2.26. The van der Waals surface area contributed by atoms with E-state index in [1.54, 1.807) is 30.3 Å². The highest BCUT2D eigenvalue weighted by Gasteiger charge is 2.16. The average Bonchev–Trinajstić information content (AvgIpc) is 2.68. The number of fused-ring (bicyclic) bond motifs is 1. The van der Waals surface area contributed by atoms with Crippen LogP contribution in [0.5, 0.6) is 0 Å². The van der Waals surface area contributed by atoms with Crippen LogP contribution in [0.15, 0.2) is 76.7 Å². The smallest absolute Gasteiger partial charge is 0.266 e. The number of halogens is 3. The molecule has 0 N–H and O–H groups in total. The van der Waals surface area contributed by atoms with Crippen LogP contribution in [-0.2, 0) is 5.75 Å². The van der Waals surface area contributed by atoms with Crippen LogP contribution in [0.2, 0.25) is 0 Å². The van der Waals surface area contributed by atoms with Gasteiger partial charge in [-0.1, -0.05) is 42.1 Å². The van der Waals surface area contributed by atoms with Crippen molar-refractivity contribution < 1.29 is 13.2 Å². The third-order valence-corrected chi connectivity index (χ3v) is 5.20. The lowest BCUT2D eigenvalue weighted by Gasteiger charge is -2.14. The maximum Gasteiger partial charge on any atom is 0.266 e. The maximum absolute atomic E-state index is 14.4. The van der Waals surface area contributed by atoms with E-state index >= 15 is 0 Å². The van der Waals surface area contributed by atoms with E-state index in [-0.39, 0.29) is 22.2 Å². The van der Waals surface area contributed by atoms with E-state index < -0.39 is 23.0 Å². The molecule has 1 heterocycles. The van der Waals surface area contributed by atoms with E-state index in [9.17, 15) is 18.0 Å². The van der Waals surface area contributed by atoms with E-state index in [1.165, 1.54) is 28.8 Å². The summed E-state index contributed by atoms with van der Waals surface area (Å²) in [5.41, 5.74) is 0.363. The Bertz CT molecular complexity index is 1240. The van der Waals surface area contributed by atoms with Crippen molar-refractivity contribution in [2.45, 2.75) is 10.9 Å². The molecule has 0 saturated carbocycles. The first-order chi connectivity index (χ1) is 13.5. The summed E-state index contributed by atoms with van der Waals surface area (Å²) in [5, 5.41) is 0.570. The molecule has 0 bridgehead atoms. The van der Waals surface area contributed by atoms with Crippen molar-refractivity contribution in [2.75, 3.05) is 0 Å². The summed E-state index contributed by atoms with van der Waals surface area (Å²) in [6.45, 7) is 0. The van der Waals surface area contributed by atoms with E-state index in [1.807, 2.05) is 0 Å². The van der Waals surface area contributed by atoms with Gasteiger partial charge in [0.2, 0.25) is 0 Å². The van der Waals surface area contributed by atoms with Gasteiger partial charge < -0.3 is 0 Å². The average molecular weight is 398 g/mol. The number of rotatable bonds is 4. The molecule has 0 aliphatic carbocycles. The zero-order chi connectivity index (χ0) is 19.7. The number of benzene rings is 3. The normalized spacial score (nSPS) is 11.1. The topological polar surface area (TPSA) is 34.9 Å². The molecule has 0 spiro atoms. The SMILES string of the molecule is O=c1c2ccccc2nc(SCc2ccc(F)cc2F)n1-c1ccccc1F. The number of thioether (sulfide) groups is 1. The van der Waals surface area contributed by atoms with E-state index in [0.29, 0.717) is 10.9 Å². The molecule has 0 saturated heterocycles. The Morgan fingerprint density at radius 1 is 0.893 bits per heavy atom. The summed E-state index contributed by atoms with van der Waals surface area (Å²) >= 11 is 1.08. The van der Waals surface area contributed by atoms with Crippen molar-refractivity contribution in [1.82, 2.24) is 9.55 Å². The molecule has 140 valence electrons. The molecule has 3 nitrogen and oxygen atoms in total. The highest BCUT2D eigenvalue weighted by molar-refractivity contribution is 7.98. The quantitative estimate of drug-likeness (QED) is 0.355. The molecule has 0 atom stereocenters. The monoisotopic (exact) mass is 398 g/mol. The van der Waals surface area contributed by atoms with Crippen molar-refractivity contribution in [3.8, 4) is 5.69 Å². The number of para-hydroxylation sites is 2. The summed E-state index contributed by atoms with van der Waals surface area (Å²) in [4.78, 5) is 17.5. The molecule has 4 rings (SSSR count). The number of hydrogen-bond donors (Lipinski definition) is 0. The summed E-state index contributed by atoms with van der Waals surface area (Å²) in [5.74, 6) is -1.83. The Labute approximate surface area is 162 Å². The predicted octanol–water partition coefficient (Wildman–Crippen LogP) is 5.10. The standard InChI is InChI=1S/C21H13F3N2OS/c22-14-10-9-13(17(24)11-14)12-28-21-25-18-7-3-1-5-15(18)20(27)26(21)19-8-4-2-6-16(19)23/h1-11H,12H2.